The number of nitrogens with zero attached hydrogens (tertiary/aromatic N) is 4. The Balaban J connectivity index is 1.91. The summed E-state index contributed by atoms with van der Waals surface area (Å²) in [7, 11) is 0. The highest BCUT2D eigenvalue weighted by Crippen LogP contribution is 2.22. The Morgan fingerprint density at radius 1 is 1.43 bits per heavy atom. The highest BCUT2D eigenvalue weighted by Gasteiger charge is 2.29. The summed E-state index contributed by atoms with van der Waals surface area (Å²) in [5.74, 6) is -1.46. The second-order valence-electron chi connectivity index (χ2n) is 5.92. The van der Waals surface area contributed by atoms with Crippen molar-refractivity contribution in [3.63, 3.8) is 0 Å². The largest absolute Gasteiger partial charge is 0.481 e. The third-order valence-corrected chi connectivity index (χ3v) is 4.39. The minimum atomic E-state index is -0.836. The maximum Gasteiger partial charge on any atom is 0.308 e. The van der Waals surface area contributed by atoms with Crippen molar-refractivity contribution < 1.29 is 14.7 Å². The van der Waals surface area contributed by atoms with Crippen molar-refractivity contribution in [1.29, 1.82) is 0 Å². The molecule has 1 N–H and O–H groups in total. The van der Waals surface area contributed by atoms with Crippen LogP contribution in [0.5, 0.6) is 0 Å². The Kier molecular flexibility index (Phi) is 4.02. The number of carbonyl (C=O) groups excluding carboxylic acids is 1. The number of carboxylic acid groups (broad SMARTS) is 1. The molecule has 0 radical (unpaired) electrons. The molecule has 7 nitrogen and oxygen atoms in total. The summed E-state index contributed by atoms with van der Waals surface area (Å²) in [5, 5.41) is 14.3. The van der Waals surface area contributed by atoms with Gasteiger partial charge in [0.05, 0.1) is 23.4 Å². The van der Waals surface area contributed by atoms with Gasteiger partial charge in [-0.05, 0) is 32.8 Å². The van der Waals surface area contributed by atoms with Gasteiger partial charge in [0.2, 0.25) is 0 Å². The first-order valence-corrected chi connectivity index (χ1v) is 7.86. The van der Waals surface area contributed by atoms with Gasteiger partial charge in [-0.15, -0.1) is 0 Å². The second kappa shape index (κ2) is 5.98. The fourth-order valence-electron chi connectivity index (χ4n) is 3.08. The van der Waals surface area contributed by atoms with Crippen molar-refractivity contribution >= 4 is 22.9 Å². The molecule has 1 aliphatic rings. The number of carboxylic acids is 1. The second-order valence-corrected chi connectivity index (χ2v) is 5.92. The fourth-order valence-corrected chi connectivity index (χ4v) is 3.08. The van der Waals surface area contributed by atoms with Gasteiger partial charge < -0.3 is 10.0 Å². The summed E-state index contributed by atoms with van der Waals surface area (Å²) in [6.45, 7) is 5.37. The number of hydrogen-bond donors (Lipinski definition) is 1. The van der Waals surface area contributed by atoms with E-state index in [1.54, 1.807) is 22.7 Å². The Morgan fingerprint density at radius 2 is 2.22 bits per heavy atom. The maximum atomic E-state index is 12.8. The topological polar surface area (TPSA) is 88.3 Å². The van der Waals surface area contributed by atoms with E-state index >= 15 is 0 Å². The Bertz CT molecular complexity index is 768. The molecule has 1 amide bonds. The van der Waals surface area contributed by atoms with Crippen molar-refractivity contribution in [2.45, 2.75) is 33.2 Å². The van der Waals surface area contributed by atoms with Crippen LogP contribution in [0.3, 0.4) is 0 Å². The summed E-state index contributed by atoms with van der Waals surface area (Å²) in [6.07, 6.45) is 3.04. The summed E-state index contributed by atoms with van der Waals surface area (Å²) < 4.78 is 1.79. The Labute approximate surface area is 133 Å². The molecule has 1 aliphatic heterocycles. The van der Waals surface area contributed by atoms with Gasteiger partial charge in [-0.3, -0.25) is 9.59 Å². The first kappa shape index (κ1) is 15.5. The molecule has 1 saturated heterocycles. The third kappa shape index (κ3) is 2.78. The molecule has 1 unspecified atom stereocenters. The molecule has 0 aromatic carbocycles. The summed E-state index contributed by atoms with van der Waals surface area (Å²) >= 11 is 0. The maximum absolute atomic E-state index is 12.8. The molecule has 7 heteroatoms. The first-order chi connectivity index (χ1) is 11.0. The van der Waals surface area contributed by atoms with Gasteiger partial charge in [0.15, 0.2) is 5.65 Å². The molecule has 23 heavy (non-hydrogen) atoms. The van der Waals surface area contributed by atoms with Gasteiger partial charge in [-0.25, -0.2) is 9.67 Å². The number of aliphatic carboxylic acids is 1. The van der Waals surface area contributed by atoms with Crippen LogP contribution in [0.4, 0.5) is 0 Å². The highest BCUT2D eigenvalue weighted by atomic mass is 16.4. The molecule has 0 spiro atoms. The fraction of sp³-hybridized carbons (Fsp3) is 0.500. The number of pyridine rings is 1. The van der Waals surface area contributed by atoms with Gasteiger partial charge in [-0.1, -0.05) is 0 Å². The summed E-state index contributed by atoms with van der Waals surface area (Å²) in [6, 6.07) is 1.81. The lowest BCUT2D eigenvalue weighted by atomic mass is 9.97. The predicted molar refractivity (Wildman–Crippen MR) is 84.2 cm³/mol. The van der Waals surface area contributed by atoms with E-state index in [-0.39, 0.29) is 12.5 Å². The Morgan fingerprint density at radius 3 is 2.91 bits per heavy atom. The van der Waals surface area contributed by atoms with E-state index in [1.807, 2.05) is 13.0 Å². The molecular weight excluding hydrogens is 296 g/mol. The molecular formula is C16H20N4O3. The zero-order chi connectivity index (χ0) is 16.6. The smallest absolute Gasteiger partial charge is 0.308 e. The average Bonchev–Trinajstić information content (AvgIpc) is 2.95. The number of rotatable bonds is 3. The van der Waals surface area contributed by atoms with E-state index in [0.717, 1.165) is 17.6 Å². The lowest BCUT2D eigenvalue weighted by molar-refractivity contribution is -0.143. The molecule has 2 aromatic heterocycles. The van der Waals surface area contributed by atoms with Crippen LogP contribution in [0.25, 0.3) is 11.0 Å². The molecule has 0 aliphatic carbocycles. The van der Waals surface area contributed by atoms with Crippen molar-refractivity contribution in [3.05, 3.63) is 23.5 Å². The molecule has 3 heterocycles. The van der Waals surface area contributed by atoms with Crippen LogP contribution in [0.15, 0.2) is 12.3 Å². The van der Waals surface area contributed by atoms with Crippen LogP contribution in [-0.4, -0.2) is 49.7 Å². The molecule has 1 atom stereocenters. The van der Waals surface area contributed by atoms with Crippen LogP contribution >= 0.6 is 0 Å². The predicted octanol–water partition coefficient (Wildman–Crippen LogP) is 1.70. The third-order valence-electron chi connectivity index (χ3n) is 4.39. The number of fused-ring (bicyclic) bond motifs is 1. The number of amides is 1. The van der Waals surface area contributed by atoms with Gasteiger partial charge >= 0.3 is 5.97 Å². The van der Waals surface area contributed by atoms with E-state index in [4.69, 9.17) is 0 Å². The van der Waals surface area contributed by atoms with Crippen molar-refractivity contribution in [1.82, 2.24) is 19.7 Å². The van der Waals surface area contributed by atoms with Gasteiger partial charge in [0.25, 0.3) is 5.91 Å². The zero-order valence-corrected chi connectivity index (χ0v) is 13.3. The van der Waals surface area contributed by atoms with Crippen molar-refractivity contribution in [2.75, 3.05) is 13.1 Å². The van der Waals surface area contributed by atoms with Crippen molar-refractivity contribution in [2.24, 2.45) is 5.92 Å². The molecule has 122 valence electrons. The number of aromatic nitrogens is 3. The average molecular weight is 316 g/mol. The SMILES string of the molecule is CCn1ncc2cc(C(=O)N3CCCC(C(=O)O)C3)c(C)nc21. The van der Waals surface area contributed by atoms with Gasteiger partial charge in [0.1, 0.15) is 0 Å². The van der Waals surface area contributed by atoms with Crippen LogP contribution < -0.4 is 0 Å². The number of piperidine rings is 1. The molecule has 2 aromatic rings. The molecule has 1 fully saturated rings. The quantitative estimate of drug-likeness (QED) is 0.931. The standard InChI is InChI=1S/C16H20N4O3/c1-3-20-14-12(8-17-20)7-13(10(2)18-14)15(21)19-6-4-5-11(9-19)16(22)23/h7-8,11H,3-6,9H2,1-2H3,(H,22,23). The van der Waals surface area contributed by atoms with Crippen LogP contribution in [0, 0.1) is 12.8 Å². The lowest BCUT2D eigenvalue weighted by Gasteiger charge is -2.31. The summed E-state index contributed by atoms with van der Waals surface area (Å²) in [5.41, 5.74) is 1.94. The van der Waals surface area contributed by atoms with E-state index < -0.39 is 11.9 Å². The first-order valence-electron chi connectivity index (χ1n) is 7.86. The normalized spacial score (nSPS) is 18.3. The summed E-state index contributed by atoms with van der Waals surface area (Å²) in [4.78, 5) is 30.1. The molecule has 3 rings (SSSR count). The molecule has 0 saturated carbocycles. The van der Waals surface area contributed by atoms with Crippen LogP contribution in [0.2, 0.25) is 0 Å². The van der Waals surface area contributed by atoms with E-state index in [1.165, 1.54) is 0 Å². The minimum absolute atomic E-state index is 0.146. The van der Waals surface area contributed by atoms with Gasteiger partial charge in [0, 0.05) is 25.0 Å². The van der Waals surface area contributed by atoms with E-state index in [0.29, 0.717) is 30.6 Å². The lowest BCUT2D eigenvalue weighted by Crippen LogP contribution is -2.42. The monoisotopic (exact) mass is 316 g/mol. The minimum Gasteiger partial charge on any atom is -0.481 e. The number of likely N-dealkylation sites (tertiary alicyclic amines) is 1. The number of carbonyl (C=O) groups is 2. The molecule has 0 bridgehead atoms. The van der Waals surface area contributed by atoms with E-state index in [2.05, 4.69) is 10.1 Å². The van der Waals surface area contributed by atoms with Crippen molar-refractivity contribution in [3.8, 4) is 0 Å². The van der Waals surface area contributed by atoms with Crippen LogP contribution in [0.1, 0.15) is 35.8 Å². The van der Waals surface area contributed by atoms with Crippen LogP contribution in [-0.2, 0) is 11.3 Å². The zero-order valence-electron chi connectivity index (χ0n) is 13.3. The Hall–Kier alpha value is -2.44. The number of aryl methyl sites for hydroxylation is 2. The van der Waals surface area contributed by atoms with Gasteiger partial charge in [-0.2, -0.15) is 5.10 Å². The number of hydrogen-bond acceptors (Lipinski definition) is 4. The highest BCUT2D eigenvalue weighted by molar-refractivity contribution is 5.98. The van der Waals surface area contributed by atoms with E-state index in [9.17, 15) is 14.7 Å².